The average Bonchev–Trinajstić information content (AvgIpc) is 3.11. The largest absolute Gasteiger partial charge is 0.376 e. The molecule has 1 fully saturated rings. The van der Waals surface area contributed by atoms with Gasteiger partial charge in [-0.15, -0.1) is 0 Å². The van der Waals surface area contributed by atoms with Gasteiger partial charge in [-0.1, -0.05) is 6.07 Å². The first-order chi connectivity index (χ1) is 11.3. The smallest absolute Gasteiger partial charge is 0.191 e. The third kappa shape index (κ3) is 5.39. The second kappa shape index (κ2) is 9.35. The molecule has 6 heteroatoms. The van der Waals surface area contributed by atoms with Crippen molar-refractivity contribution in [3.63, 3.8) is 0 Å². The van der Waals surface area contributed by atoms with E-state index in [1.807, 2.05) is 6.20 Å². The molecule has 1 aromatic heterocycles. The van der Waals surface area contributed by atoms with Gasteiger partial charge in [-0.25, -0.2) is 4.98 Å². The number of anilines is 1. The monoisotopic (exact) mass is 319 g/mol. The molecule has 128 valence electrons. The first-order valence-electron chi connectivity index (χ1n) is 8.52. The minimum absolute atomic E-state index is 0.309. The van der Waals surface area contributed by atoms with Gasteiger partial charge in [0.15, 0.2) is 5.96 Å². The second-order valence-electron chi connectivity index (χ2n) is 5.64. The van der Waals surface area contributed by atoms with Gasteiger partial charge in [-0.05, 0) is 38.3 Å². The summed E-state index contributed by atoms with van der Waals surface area (Å²) < 4.78 is 5.61. The Morgan fingerprint density at radius 2 is 2.17 bits per heavy atom. The summed E-state index contributed by atoms with van der Waals surface area (Å²) in [4.78, 5) is 11.0. The highest BCUT2D eigenvalue weighted by Gasteiger charge is 2.15. The van der Waals surface area contributed by atoms with Gasteiger partial charge in [-0.3, -0.25) is 4.99 Å². The van der Waals surface area contributed by atoms with Crippen LogP contribution in [0, 0.1) is 0 Å². The number of aromatic nitrogens is 1. The van der Waals surface area contributed by atoms with Crippen LogP contribution >= 0.6 is 0 Å². The molecule has 2 rings (SSSR count). The molecule has 23 heavy (non-hydrogen) atoms. The van der Waals surface area contributed by atoms with Gasteiger partial charge in [0, 0.05) is 46.0 Å². The number of hydrogen-bond donors (Lipinski definition) is 2. The van der Waals surface area contributed by atoms with E-state index in [9.17, 15) is 0 Å². The van der Waals surface area contributed by atoms with Crippen molar-refractivity contribution in [1.82, 2.24) is 15.6 Å². The predicted molar refractivity (Wildman–Crippen MR) is 95.0 cm³/mol. The molecule has 0 spiro atoms. The quantitative estimate of drug-likeness (QED) is 0.592. The van der Waals surface area contributed by atoms with Gasteiger partial charge in [-0.2, -0.15) is 0 Å². The van der Waals surface area contributed by atoms with Crippen molar-refractivity contribution in [2.24, 2.45) is 4.99 Å². The van der Waals surface area contributed by atoms with Crippen molar-refractivity contribution in [2.45, 2.75) is 39.3 Å². The Morgan fingerprint density at radius 3 is 2.74 bits per heavy atom. The van der Waals surface area contributed by atoms with Gasteiger partial charge in [0.25, 0.3) is 0 Å². The van der Waals surface area contributed by atoms with Crippen LogP contribution < -0.4 is 15.5 Å². The number of aliphatic imine (C=N–C) groups is 1. The molecular weight excluding hydrogens is 290 g/mol. The molecule has 2 N–H and O–H groups in total. The SMILES string of the molecule is CCN(CC)c1ccc(CNC(=NC)NCC2CCCO2)cn1. The van der Waals surface area contributed by atoms with Gasteiger partial charge in [0.1, 0.15) is 5.82 Å². The zero-order chi connectivity index (χ0) is 16.5. The summed E-state index contributed by atoms with van der Waals surface area (Å²) in [6.45, 7) is 8.62. The van der Waals surface area contributed by atoms with E-state index in [0.717, 1.165) is 56.4 Å². The number of guanidine groups is 1. The van der Waals surface area contributed by atoms with Crippen LogP contribution in [-0.4, -0.2) is 50.3 Å². The summed E-state index contributed by atoms with van der Waals surface area (Å²) >= 11 is 0. The van der Waals surface area contributed by atoms with E-state index in [-0.39, 0.29) is 0 Å². The maximum atomic E-state index is 5.61. The number of pyridine rings is 1. The van der Waals surface area contributed by atoms with Crippen LogP contribution in [0.25, 0.3) is 0 Å². The minimum atomic E-state index is 0.309. The van der Waals surface area contributed by atoms with E-state index in [2.05, 4.69) is 51.5 Å². The first kappa shape index (κ1) is 17.5. The lowest BCUT2D eigenvalue weighted by atomic mass is 10.2. The lowest BCUT2D eigenvalue weighted by molar-refractivity contribution is 0.114. The molecule has 0 aromatic carbocycles. The molecule has 6 nitrogen and oxygen atoms in total. The molecular formula is C17H29N5O. The molecule has 1 aliphatic rings. The normalized spacial score (nSPS) is 18.0. The Bertz CT molecular complexity index is 478. The van der Waals surface area contributed by atoms with E-state index in [1.54, 1.807) is 7.05 Å². The summed E-state index contributed by atoms with van der Waals surface area (Å²) in [5.74, 6) is 1.83. The maximum Gasteiger partial charge on any atom is 0.191 e. The molecule has 0 radical (unpaired) electrons. The van der Waals surface area contributed by atoms with Crippen molar-refractivity contribution < 1.29 is 4.74 Å². The fourth-order valence-electron chi connectivity index (χ4n) is 2.68. The summed E-state index contributed by atoms with van der Waals surface area (Å²) in [7, 11) is 1.78. The number of nitrogens with zero attached hydrogens (tertiary/aromatic N) is 3. The van der Waals surface area contributed by atoms with E-state index in [4.69, 9.17) is 4.74 Å². The van der Waals surface area contributed by atoms with Crippen LogP contribution in [0.4, 0.5) is 5.82 Å². The van der Waals surface area contributed by atoms with Crippen molar-refractivity contribution in [3.05, 3.63) is 23.9 Å². The van der Waals surface area contributed by atoms with Crippen molar-refractivity contribution >= 4 is 11.8 Å². The average molecular weight is 319 g/mol. The molecule has 0 amide bonds. The molecule has 0 aliphatic carbocycles. The van der Waals surface area contributed by atoms with Crippen LogP contribution in [0.2, 0.25) is 0 Å². The summed E-state index contributed by atoms with van der Waals surface area (Å²) in [5.41, 5.74) is 1.14. The Labute approximate surface area is 139 Å². The Morgan fingerprint density at radius 1 is 1.35 bits per heavy atom. The Kier molecular flexibility index (Phi) is 7.13. The highest BCUT2D eigenvalue weighted by atomic mass is 16.5. The van der Waals surface area contributed by atoms with Gasteiger partial charge in [0.05, 0.1) is 6.10 Å². The topological polar surface area (TPSA) is 61.8 Å². The van der Waals surface area contributed by atoms with Crippen LogP contribution in [0.1, 0.15) is 32.3 Å². The lowest BCUT2D eigenvalue weighted by Gasteiger charge is -2.20. The van der Waals surface area contributed by atoms with Crippen LogP contribution in [0.3, 0.4) is 0 Å². The van der Waals surface area contributed by atoms with E-state index in [1.165, 1.54) is 0 Å². The summed E-state index contributed by atoms with van der Waals surface area (Å²) in [5, 5.41) is 6.63. The third-order valence-corrected chi connectivity index (χ3v) is 4.10. The Hall–Kier alpha value is -1.82. The maximum absolute atomic E-state index is 5.61. The van der Waals surface area contributed by atoms with Crippen molar-refractivity contribution in [2.75, 3.05) is 38.2 Å². The predicted octanol–water partition coefficient (Wildman–Crippen LogP) is 1.77. The molecule has 0 saturated carbocycles. The molecule has 0 bridgehead atoms. The molecule has 1 aliphatic heterocycles. The Balaban J connectivity index is 1.79. The van der Waals surface area contributed by atoms with E-state index in [0.29, 0.717) is 12.6 Å². The van der Waals surface area contributed by atoms with Gasteiger partial charge < -0.3 is 20.3 Å². The molecule has 1 atom stereocenters. The molecule has 1 saturated heterocycles. The molecule has 2 heterocycles. The minimum Gasteiger partial charge on any atom is -0.376 e. The van der Waals surface area contributed by atoms with Gasteiger partial charge >= 0.3 is 0 Å². The standard InChI is InChI=1S/C17H29N5O/c1-4-22(5-2)16-9-8-14(11-19-16)12-20-17(18-3)21-13-15-7-6-10-23-15/h8-9,11,15H,4-7,10,12-13H2,1-3H3,(H2,18,20,21). The number of ether oxygens (including phenoxy) is 1. The van der Waals surface area contributed by atoms with E-state index >= 15 is 0 Å². The number of hydrogen-bond acceptors (Lipinski definition) is 4. The van der Waals surface area contributed by atoms with Crippen LogP contribution in [-0.2, 0) is 11.3 Å². The highest BCUT2D eigenvalue weighted by Crippen LogP contribution is 2.11. The summed E-state index contributed by atoms with van der Waals surface area (Å²) in [6.07, 6.45) is 4.51. The van der Waals surface area contributed by atoms with E-state index < -0.39 is 0 Å². The molecule has 1 aromatic rings. The fourth-order valence-corrected chi connectivity index (χ4v) is 2.68. The van der Waals surface area contributed by atoms with Crippen LogP contribution in [0.5, 0.6) is 0 Å². The highest BCUT2D eigenvalue weighted by molar-refractivity contribution is 5.79. The first-order valence-corrected chi connectivity index (χ1v) is 8.52. The van der Waals surface area contributed by atoms with Crippen LogP contribution in [0.15, 0.2) is 23.3 Å². The number of nitrogens with one attached hydrogen (secondary N) is 2. The zero-order valence-electron chi connectivity index (χ0n) is 14.5. The second-order valence-corrected chi connectivity index (χ2v) is 5.64. The lowest BCUT2D eigenvalue weighted by Crippen LogP contribution is -2.40. The van der Waals surface area contributed by atoms with Crippen molar-refractivity contribution in [3.8, 4) is 0 Å². The summed E-state index contributed by atoms with van der Waals surface area (Å²) in [6, 6.07) is 4.19. The van der Waals surface area contributed by atoms with Crippen molar-refractivity contribution in [1.29, 1.82) is 0 Å². The number of rotatable bonds is 7. The molecule has 1 unspecified atom stereocenters. The fraction of sp³-hybridized carbons (Fsp3) is 0.647. The third-order valence-electron chi connectivity index (χ3n) is 4.10. The van der Waals surface area contributed by atoms with Gasteiger partial charge in [0.2, 0.25) is 0 Å². The zero-order valence-corrected chi connectivity index (χ0v) is 14.5.